The van der Waals surface area contributed by atoms with Crippen LogP contribution < -0.4 is 15.4 Å². The smallest absolute Gasteiger partial charge is 0.321 e. The Kier molecular flexibility index (Phi) is 5.44. The summed E-state index contributed by atoms with van der Waals surface area (Å²) >= 11 is 1.30. The number of rotatable bonds is 6. The second-order valence-electron chi connectivity index (χ2n) is 6.19. The fourth-order valence-corrected chi connectivity index (χ4v) is 3.50. The standard InChI is InChI=1S/C21H18FN3O3S/c1-2-27-17-5-3-4-14-10-18(28-19(14)17)16-12-29-21(24-16)25-20(26)23-11-13-6-8-15(22)9-7-13/h3-10,12H,2,11H2,1H3,(H2,23,24,25,26). The van der Waals surface area contributed by atoms with Crippen molar-refractivity contribution >= 4 is 33.5 Å². The molecule has 2 N–H and O–H groups in total. The number of fused-ring (bicyclic) bond motifs is 1. The normalized spacial score (nSPS) is 10.8. The monoisotopic (exact) mass is 411 g/mol. The average molecular weight is 411 g/mol. The van der Waals surface area contributed by atoms with Gasteiger partial charge in [0.05, 0.1) is 6.61 Å². The summed E-state index contributed by atoms with van der Waals surface area (Å²) < 4.78 is 24.5. The number of carbonyl (C=O) groups is 1. The van der Waals surface area contributed by atoms with E-state index in [1.165, 1.54) is 23.5 Å². The zero-order valence-corrected chi connectivity index (χ0v) is 16.4. The van der Waals surface area contributed by atoms with Crippen LogP contribution in [-0.4, -0.2) is 17.6 Å². The van der Waals surface area contributed by atoms with Crippen molar-refractivity contribution < 1.29 is 18.3 Å². The highest BCUT2D eigenvalue weighted by Gasteiger charge is 2.14. The molecular weight excluding hydrogens is 393 g/mol. The number of urea groups is 1. The molecule has 0 fully saturated rings. The van der Waals surface area contributed by atoms with E-state index in [-0.39, 0.29) is 12.4 Å². The number of ether oxygens (including phenoxy) is 1. The van der Waals surface area contributed by atoms with Gasteiger partial charge in [0.15, 0.2) is 22.2 Å². The highest BCUT2D eigenvalue weighted by Crippen LogP contribution is 2.34. The molecule has 0 spiro atoms. The molecule has 148 valence electrons. The SMILES string of the molecule is CCOc1cccc2cc(-c3csc(NC(=O)NCc4ccc(F)cc4)n3)oc12. The second-order valence-corrected chi connectivity index (χ2v) is 7.05. The molecule has 0 atom stereocenters. The topological polar surface area (TPSA) is 76.4 Å². The predicted molar refractivity (Wildman–Crippen MR) is 111 cm³/mol. The summed E-state index contributed by atoms with van der Waals surface area (Å²) in [5.74, 6) is 0.973. The summed E-state index contributed by atoms with van der Waals surface area (Å²) in [5, 5.41) is 8.59. The fourth-order valence-electron chi connectivity index (χ4n) is 2.80. The van der Waals surface area contributed by atoms with Crippen LogP contribution >= 0.6 is 11.3 Å². The predicted octanol–water partition coefficient (Wildman–Crippen LogP) is 5.42. The number of aromatic nitrogens is 1. The molecule has 0 radical (unpaired) electrons. The average Bonchev–Trinajstić information content (AvgIpc) is 3.35. The van der Waals surface area contributed by atoms with Gasteiger partial charge in [-0.1, -0.05) is 24.3 Å². The third-order valence-corrected chi connectivity index (χ3v) is 4.91. The van der Waals surface area contributed by atoms with Crippen molar-refractivity contribution in [3.8, 4) is 17.2 Å². The third-order valence-electron chi connectivity index (χ3n) is 4.15. The molecule has 29 heavy (non-hydrogen) atoms. The van der Waals surface area contributed by atoms with Gasteiger partial charge in [0, 0.05) is 17.3 Å². The van der Waals surface area contributed by atoms with Gasteiger partial charge in [0.1, 0.15) is 11.5 Å². The lowest BCUT2D eigenvalue weighted by atomic mass is 10.2. The zero-order valence-electron chi connectivity index (χ0n) is 15.6. The van der Waals surface area contributed by atoms with E-state index in [9.17, 15) is 9.18 Å². The van der Waals surface area contributed by atoms with E-state index in [1.54, 1.807) is 12.1 Å². The van der Waals surface area contributed by atoms with Crippen LogP contribution in [0.15, 0.2) is 58.3 Å². The molecule has 2 amide bonds. The van der Waals surface area contributed by atoms with Gasteiger partial charge in [-0.15, -0.1) is 11.3 Å². The molecule has 2 aromatic heterocycles. The van der Waals surface area contributed by atoms with Crippen LogP contribution in [0, 0.1) is 5.82 Å². The molecule has 0 bridgehead atoms. The number of para-hydroxylation sites is 1. The van der Waals surface area contributed by atoms with Crippen LogP contribution in [0.5, 0.6) is 5.75 Å². The maximum Gasteiger partial charge on any atom is 0.321 e. The van der Waals surface area contributed by atoms with E-state index >= 15 is 0 Å². The van der Waals surface area contributed by atoms with Gasteiger partial charge >= 0.3 is 6.03 Å². The number of hydrogen-bond donors (Lipinski definition) is 2. The maximum absolute atomic E-state index is 12.9. The first-order valence-electron chi connectivity index (χ1n) is 9.03. The number of furan rings is 1. The maximum atomic E-state index is 12.9. The first-order chi connectivity index (χ1) is 14.1. The minimum Gasteiger partial charge on any atom is -0.490 e. The summed E-state index contributed by atoms with van der Waals surface area (Å²) in [6, 6.07) is 13.2. The van der Waals surface area contributed by atoms with Gasteiger partial charge in [-0.05, 0) is 36.8 Å². The number of carbonyl (C=O) groups excluding carboxylic acids is 1. The van der Waals surface area contributed by atoms with Crippen LogP contribution in [0.2, 0.25) is 0 Å². The molecule has 2 heterocycles. The van der Waals surface area contributed by atoms with Crippen LogP contribution in [0.3, 0.4) is 0 Å². The van der Waals surface area contributed by atoms with Crippen molar-refractivity contribution in [1.29, 1.82) is 0 Å². The number of amides is 2. The molecule has 0 unspecified atom stereocenters. The van der Waals surface area contributed by atoms with Crippen LogP contribution in [0.1, 0.15) is 12.5 Å². The lowest BCUT2D eigenvalue weighted by Gasteiger charge is -2.05. The molecule has 8 heteroatoms. The lowest BCUT2D eigenvalue weighted by molar-refractivity contribution is 0.251. The van der Waals surface area contributed by atoms with Crippen molar-refractivity contribution in [2.45, 2.75) is 13.5 Å². The van der Waals surface area contributed by atoms with E-state index in [0.717, 1.165) is 10.9 Å². The van der Waals surface area contributed by atoms with E-state index in [1.807, 2.05) is 36.6 Å². The van der Waals surface area contributed by atoms with Gasteiger partial charge in [-0.2, -0.15) is 0 Å². The molecule has 0 saturated carbocycles. The van der Waals surface area contributed by atoms with Gasteiger partial charge in [-0.3, -0.25) is 5.32 Å². The van der Waals surface area contributed by atoms with Crippen molar-refractivity contribution in [3.05, 3.63) is 65.3 Å². The molecular formula is C21H18FN3O3S. The van der Waals surface area contributed by atoms with Crippen LogP contribution in [-0.2, 0) is 6.54 Å². The Bertz CT molecular complexity index is 1140. The summed E-state index contributed by atoms with van der Waals surface area (Å²) in [7, 11) is 0. The Labute approximate surface area is 170 Å². The van der Waals surface area contributed by atoms with Crippen LogP contribution in [0.4, 0.5) is 14.3 Å². The van der Waals surface area contributed by atoms with Gasteiger partial charge in [0.25, 0.3) is 0 Å². The minimum absolute atomic E-state index is 0.286. The van der Waals surface area contributed by atoms with E-state index < -0.39 is 6.03 Å². The van der Waals surface area contributed by atoms with Gasteiger partial charge in [-0.25, -0.2) is 14.2 Å². The number of anilines is 1. The first-order valence-corrected chi connectivity index (χ1v) is 9.91. The molecule has 6 nitrogen and oxygen atoms in total. The Morgan fingerprint density at radius 2 is 2.07 bits per heavy atom. The molecule has 4 aromatic rings. The highest BCUT2D eigenvalue weighted by molar-refractivity contribution is 7.14. The molecule has 4 rings (SSSR count). The minimum atomic E-state index is -0.390. The van der Waals surface area contributed by atoms with Gasteiger partial charge < -0.3 is 14.5 Å². The molecule has 0 aliphatic heterocycles. The second kappa shape index (κ2) is 8.32. The Balaban J connectivity index is 1.43. The van der Waals surface area contributed by atoms with E-state index in [0.29, 0.717) is 34.5 Å². The number of thiazole rings is 1. The number of benzene rings is 2. The largest absolute Gasteiger partial charge is 0.490 e. The summed E-state index contributed by atoms with van der Waals surface area (Å²) in [6.07, 6.45) is 0. The van der Waals surface area contributed by atoms with E-state index in [2.05, 4.69) is 15.6 Å². The van der Waals surface area contributed by atoms with Crippen molar-refractivity contribution in [1.82, 2.24) is 10.3 Å². The number of halogens is 1. The summed E-state index contributed by atoms with van der Waals surface area (Å²) in [6.45, 7) is 2.75. The molecule has 0 aliphatic rings. The van der Waals surface area contributed by atoms with E-state index in [4.69, 9.17) is 9.15 Å². The quantitative estimate of drug-likeness (QED) is 0.444. The van der Waals surface area contributed by atoms with Crippen molar-refractivity contribution in [2.24, 2.45) is 0 Å². The van der Waals surface area contributed by atoms with Gasteiger partial charge in [0.2, 0.25) is 0 Å². The zero-order chi connectivity index (χ0) is 20.2. The Morgan fingerprint density at radius 3 is 2.86 bits per heavy atom. The molecule has 0 aliphatic carbocycles. The molecule has 2 aromatic carbocycles. The lowest BCUT2D eigenvalue weighted by Crippen LogP contribution is -2.28. The molecule has 0 saturated heterocycles. The van der Waals surface area contributed by atoms with Crippen molar-refractivity contribution in [3.63, 3.8) is 0 Å². The first kappa shape index (κ1) is 18.9. The van der Waals surface area contributed by atoms with Crippen molar-refractivity contribution in [2.75, 3.05) is 11.9 Å². The highest BCUT2D eigenvalue weighted by atomic mass is 32.1. The van der Waals surface area contributed by atoms with Crippen LogP contribution in [0.25, 0.3) is 22.4 Å². The number of hydrogen-bond acceptors (Lipinski definition) is 5. The Hall–Kier alpha value is -3.39. The summed E-state index contributed by atoms with van der Waals surface area (Å²) in [5.41, 5.74) is 2.10. The number of nitrogens with one attached hydrogen (secondary N) is 2. The number of nitrogens with zero attached hydrogens (tertiary/aromatic N) is 1. The fraction of sp³-hybridized carbons (Fsp3) is 0.143. The summed E-state index contributed by atoms with van der Waals surface area (Å²) in [4.78, 5) is 16.5. The third kappa shape index (κ3) is 4.38. The Morgan fingerprint density at radius 1 is 1.24 bits per heavy atom.